The molecule has 4 N–H and O–H groups in total. The zero-order valence-corrected chi connectivity index (χ0v) is 17.7. The molecule has 5 aromatic rings. The third kappa shape index (κ3) is 3.61. The highest BCUT2D eigenvalue weighted by molar-refractivity contribution is 5.83. The quantitative estimate of drug-likeness (QED) is 0.379. The fourth-order valence-electron chi connectivity index (χ4n) is 3.86. The van der Waals surface area contributed by atoms with E-state index in [0.717, 1.165) is 5.56 Å². The molecule has 0 spiro atoms. The van der Waals surface area contributed by atoms with Gasteiger partial charge in [0, 0.05) is 13.0 Å². The summed E-state index contributed by atoms with van der Waals surface area (Å²) in [6.45, 7) is 2.30. The van der Waals surface area contributed by atoms with Crippen molar-refractivity contribution in [2.75, 3.05) is 17.6 Å². The van der Waals surface area contributed by atoms with Crippen molar-refractivity contribution in [3.8, 4) is 11.8 Å². The second-order valence-electron chi connectivity index (χ2n) is 7.51. The van der Waals surface area contributed by atoms with Gasteiger partial charge in [-0.25, -0.2) is 9.97 Å². The number of fused-ring (bicyclic) bond motifs is 2. The minimum Gasteiger partial charge on any atom is -0.368 e. The molecule has 0 aliphatic carbocycles. The number of benzene rings is 2. The van der Waals surface area contributed by atoms with Crippen LogP contribution in [0, 0.1) is 18.3 Å². The lowest BCUT2D eigenvalue weighted by atomic mass is 10.1. The van der Waals surface area contributed by atoms with Crippen LogP contribution in [0.1, 0.15) is 17.0 Å². The van der Waals surface area contributed by atoms with Gasteiger partial charge in [0.15, 0.2) is 11.5 Å². The zero-order chi connectivity index (χ0) is 22.9. The van der Waals surface area contributed by atoms with Gasteiger partial charge in [0.25, 0.3) is 5.56 Å². The molecule has 3 aromatic heterocycles. The molecule has 0 saturated heterocycles. The molecule has 3 heterocycles. The Morgan fingerprint density at radius 2 is 2.03 bits per heavy atom. The monoisotopic (exact) mass is 437 g/mol. The minimum absolute atomic E-state index is 0.124. The highest BCUT2D eigenvalue weighted by Gasteiger charge is 2.15. The van der Waals surface area contributed by atoms with Crippen molar-refractivity contribution in [1.82, 2.24) is 29.5 Å². The predicted octanol–water partition coefficient (Wildman–Crippen LogP) is 2.47. The topological polar surface area (TPSA) is 151 Å². The molecule has 0 atom stereocenters. The number of H-pyrrole nitrogens is 1. The Morgan fingerprint density at radius 3 is 2.88 bits per heavy atom. The van der Waals surface area contributed by atoms with Crippen molar-refractivity contribution >= 4 is 33.8 Å². The molecular formula is C23H19N9O. The van der Waals surface area contributed by atoms with Gasteiger partial charge in [0.05, 0.1) is 34.6 Å². The first-order valence-corrected chi connectivity index (χ1v) is 10.3. The fourth-order valence-corrected chi connectivity index (χ4v) is 3.86. The van der Waals surface area contributed by atoms with Crippen molar-refractivity contribution in [3.05, 3.63) is 76.1 Å². The van der Waals surface area contributed by atoms with Gasteiger partial charge in [0.1, 0.15) is 11.3 Å². The number of nitrogen functional groups attached to an aromatic ring is 1. The van der Waals surface area contributed by atoms with Crippen molar-refractivity contribution in [1.29, 1.82) is 5.26 Å². The lowest BCUT2D eigenvalue weighted by Crippen LogP contribution is -2.26. The van der Waals surface area contributed by atoms with Gasteiger partial charge >= 0.3 is 0 Å². The molecule has 0 unspecified atom stereocenters. The fraction of sp³-hybridized carbons (Fsp3) is 0.130. The van der Waals surface area contributed by atoms with Crippen LogP contribution in [0.2, 0.25) is 0 Å². The number of nitrogens with one attached hydrogen (secondary N) is 2. The van der Waals surface area contributed by atoms with E-state index in [9.17, 15) is 10.1 Å². The van der Waals surface area contributed by atoms with Crippen molar-refractivity contribution in [2.24, 2.45) is 0 Å². The van der Waals surface area contributed by atoms with Gasteiger partial charge in [-0.3, -0.25) is 9.36 Å². The van der Waals surface area contributed by atoms with Crippen LogP contribution in [0.3, 0.4) is 0 Å². The number of hydrogen-bond donors (Lipinski definition) is 3. The Kier molecular flexibility index (Phi) is 4.91. The molecule has 5 rings (SSSR count). The third-order valence-corrected chi connectivity index (χ3v) is 5.35. The standard InChI is InChI=1S/C23H19N9O/c1-13-4-2-7-16-18(13)22(33)32(15-6-3-5-14(10-15)11-24)17(29-16)8-9-26-20-19-21(28-12-27-19)31-23(25)30-20/h2-7,10,12H,8-9H2,1H3,(H4,25,26,27,28,30,31). The lowest BCUT2D eigenvalue weighted by molar-refractivity contribution is 0.809. The first-order chi connectivity index (χ1) is 16.0. The summed E-state index contributed by atoms with van der Waals surface area (Å²) in [5.41, 5.74) is 9.26. The number of imidazole rings is 1. The summed E-state index contributed by atoms with van der Waals surface area (Å²) in [4.78, 5) is 33.8. The molecule has 0 amide bonds. The summed E-state index contributed by atoms with van der Waals surface area (Å²) in [7, 11) is 0. The van der Waals surface area contributed by atoms with E-state index in [4.69, 9.17) is 10.7 Å². The van der Waals surface area contributed by atoms with Crippen LogP contribution in [0.25, 0.3) is 27.8 Å². The third-order valence-electron chi connectivity index (χ3n) is 5.35. The molecule has 162 valence electrons. The maximum Gasteiger partial charge on any atom is 0.266 e. The summed E-state index contributed by atoms with van der Waals surface area (Å²) in [6.07, 6.45) is 1.93. The van der Waals surface area contributed by atoms with Crippen LogP contribution >= 0.6 is 0 Å². The summed E-state index contributed by atoms with van der Waals surface area (Å²) >= 11 is 0. The zero-order valence-electron chi connectivity index (χ0n) is 17.7. The summed E-state index contributed by atoms with van der Waals surface area (Å²) in [6, 6.07) is 14.6. The van der Waals surface area contributed by atoms with Gasteiger partial charge in [-0.1, -0.05) is 18.2 Å². The van der Waals surface area contributed by atoms with Crippen molar-refractivity contribution < 1.29 is 0 Å². The van der Waals surface area contributed by atoms with E-state index in [1.165, 1.54) is 6.33 Å². The van der Waals surface area contributed by atoms with Gasteiger partial charge in [-0.2, -0.15) is 15.2 Å². The molecule has 0 bridgehead atoms. The van der Waals surface area contributed by atoms with Gasteiger partial charge in [-0.15, -0.1) is 0 Å². The number of nitriles is 1. The Bertz CT molecular complexity index is 1610. The highest BCUT2D eigenvalue weighted by atomic mass is 16.1. The highest BCUT2D eigenvalue weighted by Crippen LogP contribution is 2.19. The number of rotatable bonds is 5. The van der Waals surface area contributed by atoms with E-state index < -0.39 is 0 Å². The molecule has 10 nitrogen and oxygen atoms in total. The first kappa shape index (κ1) is 20.1. The molecule has 0 saturated carbocycles. The summed E-state index contributed by atoms with van der Waals surface area (Å²) in [5.74, 6) is 1.18. The number of aryl methyl sites for hydroxylation is 1. The SMILES string of the molecule is Cc1cccc2nc(CCNc3nc(N)nc4[nH]cnc34)n(-c3cccc(C#N)c3)c(=O)c12. The average Bonchev–Trinajstić information content (AvgIpc) is 3.27. The largest absolute Gasteiger partial charge is 0.368 e. The molecule has 0 radical (unpaired) electrons. The van der Waals surface area contributed by atoms with Crippen LogP contribution in [0.5, 0.6) is 0 Å². The van der Waals surface area contributed by atoms with E-state index in [1.807, 2.05) is 25.1 Å². The van der Waals surface area contributed by atoms with Crippen LogP contribution in [-0.4, -0.2) is 36.0 Å². The molecule has 0 fully saturated rings. The lowest BCUT2D eigenvalue weighted by Gasteiger charge is -2.15. The number of aromatic amines is 1. The number of nitrogens with zero attached hydrogens (tertiary/aromatic N) is 6. The summed E-state index contributed by atoms with van der Waals surface area (Å²) < 4.78 is 1.57. The number of anilines is 2. The Balaban J connectivity index is 1.57. The Morgan fingerprint density at radius 1 is 1.18 bits per heavy atom. The van der Waals surface area contributed by atoms with E-state index in [-0.39, 0.29) is 11.5 Å². The normalized spacial score (nSPS) is 11.0. The second-order valence-corrected chi connectivity index (χ2v) is 7.51. The minimum atomic E-state index is -0.177. The number of aromatic nitrogens is 6. The smallest absolute Gasteiger partial charge is 0.266 e. The Labute approximate surface area is 187 Å². The van der Waals surface area contributed by atoms with Crippen LogP contribution in [-0.2, 0) is 6.42 Å². The maximum atomic E-state index is 13.6. The molecule has 33 heavy (non-hydrogen) atoms. The molecule has 0 aliphatic heterocycles. The van der Waals surface area contributed by atoms with Crippen LogP contribution in [0.4, 0.5) is 11.8 Å². The van der Waals surface area contributed by atoms with Crippen molar-refractivity contribution in [3.63, 3.8) is 0 Å². The summed E-state index contributed by atoms with van der Waals surface area (Å²) in [5, 5.41) is 13.1. The number of nitrogens with two attached hydrogens (primary N) is 1. The molecule has 0 aliphatic rings. The predicted molar refractivity (Wildman–Crippen MR) is 125 cm³/mol. The van der Waals surface area contributed by atoms with E-state index in [0.29, 0.717) is 57.9 Å². The van der Waals surface area contributed by atoms with Crippen LogP contribution in [0.15, 0.2) is 53.6 Å². The molecule has 10 heteroatoms. The van der Waals surface area contributed by atoms with E-state index >= 15 is 0 Å². The molecule has 2 aromatic carbocycles. The average molecular weight is 437 g/mol. The van der Waals surface area contributed by atoms with Crippen LogP contribution < -0.4 is 16.6 Å². The maximum absolute atomic E-state index is 13.6. The first-order valence-electron chi connectivity index (χ1n) is 10.3. The van der Waals surface area contributed by atoms with Gasteiger partial charge in [-0.05, 0) is 36.8 Å². The second kappa shape index (κ2) is 8.05. The van der Waals surface area contributed by atoms with Gasteiger partial charge in [0.2, 0.25) is 5.95 Å². The van der Waals surface area contributed by atoms with Crippen molar-refractivity contribution in [2.45, 2.75) is 13.3 Å². The van der Waals surface area contributed by atoms with E-state index in [2.05, 4.69) is 31.3 Å². The Hall–Kier alpha value is -4.78. The van der Waals surface area contributed by atoms with E-state index in [1.54, 1.807) is 28.8 Å². The number of hydrogen-bond acceptors (Lipinski definition) is 8. The van der Waals surface area contributed by atoms with Gasteiger partial charge < -0.3 is 16.0 Å². The molecular weight excluding hydrogens is 418 g/mol.